The van der Waals surface area contributed by atoms with Crippen molar-refractivity contribution in [2.75, 3.05) is 39.9 Å². The van der Waals surface area contributed by atoms with E-state index < -0.39 is 0 Å². The van der Waals surface area contributed by atoms with Crippen molar-refractivity contribution in [2.45, 2.75) is 37.8 Å². The first-order valence-electron chi connectivity index (χ1n) is 7.67. The van der Waals surface area contributed by atoms with Gasteiger partial charge in [-0.3, -0.25) is 4.79 Å². The summed E-state index contributed by atoms with van der Waals surface area (Å²) in [6, 6.07) is 0.590. The fraction of sp³-hybridized carbons (Fsp3) is 0.857. The van der Waals surface area contributed by atoms with Crippen LogP contribution in [-0.2, 0) is 9.53 Å². The zero-order chi connectivity index (χ0) is 15.2. The largest absolute Gasteiger partial charge is 0.375 e. The van der Waals surface area contributed by atoms with Gasteiger partial charge >= 0.3 is 6.03 Å². The van der Waals surface area contributed by atoms with Gasteiger partial charge in [0, 0.05) is 45.4 Å². The predicted octanol–water partition coefficient (Wildman–Crippen LogP) is -0.243. The van der Waals surface area contributed by atoms with Crippen molar-refractivity contribution in [3.63, 3.8) is 0 Å². The molecular weight excluding hydrogens is 272 g/mol. The lowest BCUT2D eigenvalue weighted by Crippen LogP contribution is -2.52. The summed E-state index contributed by atoms with van der Waals surface area (Å²) in [4.78, 5) is 26.4. The predicted molar refractivity (Wildman–Crippen MR) is 78.8 cm³/mol. The van der Waals surface area contributed by atoms with E-state index in [4.69, 9.17) is 10.5 Å². The molecule has 2 heterocycles. The lowest BCUT2D eigenvalue weighted by atomic mass is 9.99. The maximum absolute atomic E-state index is 11.7. The Morgan fingerprint density at radius 3 is 1.95 bits per heavy atom. The van der Waals surface area contributed by atoms with Gasteiger partial charge in [0.25, 0.3) is 0 Å². The van der Waals surface area contributed by atoms with E-state index in [2.05, 4.69) is 5.32 Å². The Kier molecular flexibility index (Phi) is 5.81. The molecule has 2 aliphatic rings. The normalized spacial score (nSPS) is 21.6. The number of nitrogens with two attached hydrogens (primary N) is 1. The van der Waals surface area contributed by atoms with Gasteiger partial charge in [0.05, 0.1) is 0 Å². The number of rotatable bonds is 4. The molecule has 2 saturated heterocycles. The van der Waals surface area contributed by atoms with Crippen LogP contribution in [0.25, 0.3) is 0 Å². The summed E-state index contributed by atoms with van der Waals surface area (Å²) in [5.74, 6) is 0.0747. The van der Waals surface area contributed by atoms with Gasteiger partial charge in [-0.1, -0.05) is 0 Å². The molecule has 7 nitrogen and oxygen atoms in total. The van der Waals surface area contributed by atoms with Crippen molar-refractivity contribution in [3.05, 3.63) is 0 Å². The average molecular weight is 298 g/mol. The molecule has 0 aromatic carbocycles. The maximum atomic E-state index is 11.7. The zero-order valence-corrected chi connectivity index (χ0v) is 12.7. The minimum Gasteiger partial charge on any atom is -0.375 e. The molecular formula is C14H26N4O3. The van der Waals surface area contributed by atoms with Crippen LogP contribution in [0.5, 0.6) is 0 Å². The highest BCUT2D eigenvalue weighted by Crippen LogP contribution is 2.15. The van der Waals surface area contributed by atoms with Gasteiger partial charge in [-0.15, -0.1) is 0 Å². The minimum atomic E-state index is -0.321. The molecule has 0 spiro atoms. The number of nitrogens with zero attached hydrogens (tertiary/aromatic N) is 2. The van der Waals surface area contributed by atoms with Crippen molar-refractivity contribution in [1.82, 2.24) is 15.1 Å². The molecule has 120 valence electrons. The SMILES string of the molecule is COCC(=O)N1CCC(NC2CCN(C(N)=O)CC2)CC1. The van der Waals surface area contributed by atoms with Gasteiger partial charge < -0.3 is 25.6 Å². The third-order valence-electron chi connectivity index (χ3n) is 4.39. The number of ether oxygens (including phenoxy) is 1. The Morgan fingerprint density at radius 2 is 1.52 bits per heavy atom. The van der Waals surface area contributed by atoms with Crippen molar-refractivity contribution in [3.8, 4) is 0 Å². The highest BCUT2D eigenvalue weighted by molar-refractivity contribution is 5.77. The van der Waals surface area contributed by atoms with Crippen LogP contribution < -0.4 is 11.1 Å². The Morgan fingerprint density at radius 1 is 1.05 bits per heavy atom. The van der Waals surface area contributed by atoms with E-state index in [1.807, 2.05) is 4.90 Å². The van der Waals surface area contributed by atoms with E-state index in [-0.39, 0.29) is 18.5 Å². The van der Waals surface area contributed by atoms with Gasteiger partial charge in [0.15, 0.2) is 0 Å². The first-order chi connectivity index (χ1) is 10.1. The third-order valence-corrected chi connectivity index (χ3v) is 4.39. The maximum Gasteiger partial charge on any atom is 0.314 e. The van der Waals surface area contributed by atoms with E-state index in [0.717, 1.165) is 51.9 Å². The van der Waals surface area contributed by atoms with E-state index in [1.165, 1.54) is 0 Å². The van der Waals surface area contributed by atoms with Crippen molar-refractivity contribution in [2.24, 2.45) is 5.73 Å². The van der Waals surface area contributed by atoms with Crippen LogP contribution >= 0.6 is 0 Å². The quantitative estimate of drug-likeness (QED) is 0.749. The van der Waals surface area contributed by atoms with Crippen LogP contribution in [0.15, 0.2) is 0 Å². The number of hydrogen-bond donors (Lipinski definition) is 2. The first-order valence-corrected chi connectivity index (χ1v) is 7.67. The van der Waals surface area contributed by atoms with E-state index >= 15 is 0 Å². The van der Waals surface area contributed by atoms with E-state index in [9.17, 15) is 9.59 Å². The summed E-state index contributed by atoms with van der Waals surface area (Å²) < 4.78 is 4.89. The van der Waals surface area contributed by atoms with Crippen LogP contribution in [0.2, 0.25) is 0 Å². The smallest absolute Gasteiger partial charge is 0.314 e. The molecule has 0 unspecified atom stereocenters. The van der Waals surface area contributed by atoms with Crippen LogP contribution in [0.1, 0.15) is 25.7 Å². The molecule has 2 fully saturated rings. The van der Waals surface area contributed by atoms with Gasteiger partial charge in [-0.05, 0) is 25.7 Å². The first kappa shape index (κ1) is 16.0. The number of likely N-dealkylation sites (tertiary alicyclic amines) is 2. The number of hydrogen-bond acceptors (Lipinski definition) is 4. The zero-order valence-electron chi connectivity index (χ0n) is 12.7. The molecule has 0 atom stereocenters. The fourth-order valence-corrected chi connectivity index (χ4v) is 3.11. The van der Waals surface area contributed by atoms with Crippen molar-refractivity contribution < 1.29 is 14.3 Å². The summed E-state index contributed by atoms with van der Waals surface area (Å²) in [6.45, 7) is 3.22. The van der Waals surface area contributed by atoms with Crippen LogP contribution in [-0.4, -0.2) is 73.7 Å². The Balaban J connectivity index is 1.67. The van der Waals surface area contributed by atoms with Crippen LogP contribution in [0.3, 0.4) is 0 Å². The molecule has 21 heavy (non-hydrogen) atoms. The molecule has 2 aliphatic heterocycles. The highest BCUT2D eigenvalue weighted by atomic mass is 16.5. The Hall–Kier alpha value is -1.34. The minimum absolute atomic E-state index is 0.0747. The molecule has 0 bridgehead atoms. The second kappa shape index (κ2) is 7.61. The van der Waals surface area contributed by atoms with Gasteiger partial charge in [-0.2, -0.15) is 0 Å². The number of methoxy groups -OCH3 is 1. The topological polar surface area (TPSA) is 87.9 Å². The Labute approximate surface area is 125 Å². The lowest BCUT2D eigenvalue weighted by molar-refractivity contribution is -0.136. The van der Waals surface area contributed by atoms with E-state index in [0.29, 0.717) is 12.1 Å². The number of carbonyl (C=O) groups excluding carboxylic acids is 2. The molecule has 0 radical (unpaired) electrons. The number of carbonyl (C=O) groups is 2. The fourth-order valence-electron chi connectivity index (χ4n) is 3.11. The standard InChI is InChI=1S/C14H26N4O3/c1-21-10-13(19)17-6-2-11(3-7-17)16-12-4-8-18(9-5-12)14(15)20/h11-12,16H,2-10H2,1H3,(H2,15,20). The number of urea groups is 1. The third kappa shape index (κ3) is 4.57. The summed E-state index contributed by atoms with van der Waals surface area (Å²) in [5, 5.41) is 3.66. The number of primary amides is 1. The molecule has 7 heteroatoms. The molecule has 3 N–H and O–H groups in total. The number of amides is 3. The van der Waals surface area contributed by atoms with Crippen LogP contribution in [0.4, 0.5) is 4.79 Å². The molecule has 0 saturated carbocycles. The second-order valence-corrected chi connectivity index (χ2v) is 5.85. The lowest BCUT2D eigenvalue weighted by Gasteiger charge is -2.37. The number of piperidine rings is 2. The van der Waals surface area contributed by atoms with Gasteiger partial charge in [0.1, 0.15) is 6.61 Å². The summed E-state index contributed by atoms with van der Waals surface area (Å²) in [7, 11) is 1.55. The molecule has 0 aromatic rings. The number of nitrogens with one attached hydrogen (secondary N) is 1. The summed E-state index contributed by atoms with van der Waals surface area (Å²) >= 11 is 0. The Bertz CT molecular complexity index is 361. The average Bonchev–Trinajstić information content (AvgIpc) is 2.49. The van der Waals surface area contributed by atoms with Gasteiger partial charge in [-0.25, -0.2) is 4.79 Å². The molecule has 2 rings (SSSR count). The van der Waals surface area contributed by atoms with Crippen molar-refractivity contribution in [1.29, 1.82) is 0 Å². The van der Waals surface area contributed by atoms with E-state index in [1.54, 1.807) is 12.0 Å². The second-order valence-electron chi connectivity index (χ2n) is 5.85. The monoisotopic (exact) mass is 298 g/mol. The summed E-state index contributed by atoms with van der Waals surface area (Å²) in [5.41, 5.74) is 5.28. The highest BCUT2D eigenvalue weighted by Gasteiger charge is 2.26. The van der Waals surface area contributed by atoms with Gasteiger partial charge in [0.2, 0.25) is 5.91 Å². The molecule has 0 aromatic heterocycles. The summed E-state index contributed by atoms with van der Waals surface area (Å²) in [6.07, 6.45) is 3.86. The molecule has 0 aliphatic carbocycles. The van der Waals surface area contributed by atoms with Crippen LogP contribution in [0, 0.1) is 0 Å². The molecule has 3 amide bonds. The van der Waals surface area contributed by atoms with Crippen molar-refractivity contribution >= 4 is 11.9 Å².